The Morgan fingerprint density at radius 2 is 1.23 bits per heavy atom. The highest BCUT2D eigenvalue weighted by molar-refractivity contribution is 6.10. The van der Waals surface area contributed by atoms with Crippen LogP contribution in [-0.4, -0.2) is 9.55 Å². The molecule has 8 aromatic rings. The lowest BCUT2D eigenvalue weighted by Crippen LogP contribution is -2.16. The molecule has 0 bridgehead atoms. The van der Waals surface area contributed by atoms with Crippen molar-refractivity contribution in [1.82, 2.24) is 9.55 Å². The fourth-order valence-electron chi connectivity index (χ4n) is 7.86. The van der Waals surface area contributed by atoms with Crippen molar-refractivity contribution in [2.75, 3.05) is 0 Å². The van der Waals surface area contributed by atoms with Crippen LogP contribution in [0.15, 0.2) is 120 Å². The number of rotatable bonds is 6. The summed E-state index contributed by atoms with van der Waals surface area (Å²) in [5, 5.41) is 2.20. The molecule has 0 aliphatic carbocycles. The molecule has 3 nitrogen and oxygen atoms in total. The predicted octanol–water partition coefficient (Wildman–Crippen LogP) is 14.1. The molecule has 2 aromatic heterocycles. The van der Waals surface area contributed by atoms with Crippen LogP contribution in [0.5, 0.6) is 0 Å². The number of nitrogens with zero attached hydrogens (tertiary/aromatic N) is 2. The van der Waals surface area contributed by atoms with Gasteiger partial charge in [0.1, 0.15) is 17.0 Å². The van der Waals surface area contributed by atoms with Gasteiger partial charge in [-0.25, -0.2) is 4.98 Å². The van der Waals surface area contributed by atoms with Crippen molar-refractivity contribution >= 4 is 33.0 Å². The first-order valence-corrected chi connectivity index (χ1v) is 18.7. The fraction of sp³-hybridized carbons (Fsp3) is 0.245. The molecule has 52 heavy (non-hydrogen) atoms. The van der Waals surface area contributed by atoms with Gasteiger partial charge in [-0.15, -0.1) is 0 Å². The average Bonchev–Trinajstić information content (AvgIpc) is 3.68. The van der Waals surface area contributed by atoms with Crippen molar-refractivity contribution < 1.29 is 4.42 Å². The number of furan rings is 1. The van der Waals surface area contributed by atoms with Crippen LogP contribution in [0, 0.1) is 13.8 Å². The maximum absolute atomic E-state index is 6.80. The summed E-state index contributed by atoms with van der Waals surface area (Å²) in [7, 11) is 0. The Bertz CT molecular complexity index is 2590. The molecule has 0 atom stereocenters. The number of hydrogen-bond donors (Lipinski definition) is 0. The molecule has 260 valence electrons. The number of hydrogen-bond acceptors (Lipinski definition) is 2. The van der Waals surface area contributed by atoms with E-state index in [9.17, 15) is 0 Å². The second-order valence-electron chi connectivity index (χ2n) is 16.3. The van der Waals surface area contributed by atoms with Crippen LogP contribution in [0.1, 0.15) is 88.1 Å². The molecule has 3 heteroatoms. The summed E-state index contributed by atoms with van der Waals surface area (Å²) in [5.41, 5.74) is 17.5. The molecule has 0 radical (unpaired) electrons. The first kappa shape index (κ1) is 33.7. The molecule has 0 N–H and O–H groups in total. The second-order valence-corrected chi connectivity index (χ2v) is 16.3. The van der Waals surface area contributed by atoms with E-state index in [0.29, 0.717) is 11.8 Å². The molecule has 0 fully saturated rings. The summed E-state index contributed by atoms with van der Waals surface area (Å²) in [6, 6.07) is 42.1. The molecule has 8 rings (SSSR count). The molecule has 0 saturated heterocycles. The number of imidazole rings is 1. The van der Waals surface area contributed by atoms with Gasteiger partial charge in [0, 0.05) is 10.8 Å². The molecule has 2 heterocycles. The first-order chi connectivity index (χ1) is 24.9. The SMILES string of the molecule is Cc1cc(C)cc(-c2cccc(-c3ccc4oc5c(-c6nc7ccccc7n6-c6c(C(C)C)cc(C(C)(C)C)cc6C(C)C)cccc5c4c3)c2)c1. The summed E-state index contributed by atoms with van der Waals surface area (Å²) >= 11 is 0. The highest BCUT2D eigenvalue weighted by Gasteiger charge is 2.27. The highest BCUT2D eigenvalue weighted by atomic mass is 16.3. The monoisotopic (exact) mass is 680 g/mol. The van der Waals surface area contributed by atoms with Crippen molar-refractivity contribution in [2.45, 2.75) is 79.6 Å². The zero-order valence-corrected chi connectivity index (χ0v) is 31.9. The maximum atomic E-state index is 6.80. The van der Waals surface area contributed by atoms with E-state index in [1.54, 1.807) is 0 Å². The van der Waals surface area contributed by atoms with Crippen molar-refractivity contribution in [3.05, 3.63) is 143 Å². The van der Waals surface area contributed by atoms with Gasteiger partial charge in [-0.05, 0) is 106 Å². The summed E-state index contributed by atoms with van der Waals surface area (Å²) in [4.78, 5) is 5.37. The van der Waals surface area contributed by atoms with Gasteiger partial charge in [0.15, 0.2) is 0 Å². The second kappa shape index (κ2) is 12.7. The van der Waals surface area contributed by atoms with E-state index in [2.05, 4.69) is 182 Å². The quantitative estimate of drug-likeness (QED) is 0.175. The van der Waals surface area contributed by atoms with Gasteiger partial charge in [-0.3, -0.25) is 4.57 Å². The first-order valence-electron chi connectivity index (χ1n) is 18.7. The molecule has 0 aliphatic rings. The Morgan fingerprint density at radius 3 is 1.90 bits per heavy atom. The van der Waals surface area contributed by atoms with Crippen LogP contribution in [0.2, 0.25) is 0 Å². The smallest absolute Gasteiger partial charge is 0.149 e. The third-order valence-electron chi connectivity index (χ3n) is 10.6. The molecule has 0 spiro atoms. The minimum atomic E-state index is 0.0330. The summed E-state index contributed by atoms with van der Waals surface area (Å²) in [6.45, 7) is 20.5. The van der Waals surface area contributed by atoms with Crippen molar-refractivity contribution in [3.63, 3.8) is 0 Å². The molecule has 6 aromatic carbocycles. The van der Waals surface area contributed by atoms with Crippen molar-refractivity contribution in [3.8, 4) is 39.3 Å². The van der Waals surface area contributed by atoms with E-state index in [0.717, 1.165) is 44.4 Å². The zero-order valence-electron chi connectivity index (χ0n) is 31.9. The van der Waals surface area contributed by atoms with Gasteiger partial charge in [-0.1, -0.05) is 138 Å². The molecule has 0 saturated carbocycles. The Morgan fingerprint density at radius 1 is 0.596 bits per heavy atom. The highest BCUT2D eigenvalue weighted by Crippen LogP contribution is 2.43. The number of aryl methyl sites for hydroxylation is 2. The Kier molecular flexibility index (Phi) is 8.21. The van der Waals surface area contributed by atoms with Gasteiger partial charge >= 0.3 is 0 Å². The van der Waals surface area contributed by atoms with Gasteiger partial charge in [0.05, 0.1) is 22.3 Å². The Balaban J connectivity index is 1.34. The Hall–Kier alpha value is -5.41. The van der Waals surface area contributed by atoms with Gasteiger partial charge in [0.25, 0.3) is 0 Å². The lowest BCUT2D eigenvalue weighted by Gasteiger charge is -2.28. The summed E-state index contributed by atoms with van der Waals surface area (Å²) < 4.78 is 9.22. The Labute approximate surface area is 308 Å². The minimum absolute atomic E-state index is 0.0330. The lowest BCUT2D eigenvalue weighted by molar-refractivity contribution is 0.586. The molecular weight excluding hydrogens is 633 g/mol. The largest absolute Gasteiger partial charge is 0.455 e. The van der Waals surface area contributed by atoms with E-state index in [1.807, 2.05) is 0 Å². The molecule has 0 aliphatic heterocycles. The standard InChI is InChI=1S/C49H48N2O/c1-29(2)40-27-37(49(7,8)9)28-41(30(3)4)46(40)51-44-19-11-10-18-43(44)50-48(51)39-17-13-16-38-42-26-35(20-21-45(42)52-47(38)39)33-14-12-15-34(25-33)36-23-31(5)22-32(6)24-36/h10-30H,1-9H3. The van der Waals surface area contributed by atoms with Crippen molar-refractivity contribution in [2.24, 2.45) is 0 Å². The van der Waals surface area contributed by atoms with Crippen LogP contribution in [0.3, 0.4) is 0 Å². The normalized spacial score (nSPS) is 12.3. The average molecular weight is 681 g/mol. The minimum Gasteiger partial charge on any atom is -0.455 e. The predicted molar refractivity (Wildman–Crippen MR) is 221 cm³/mol. The maximum Gasteiger partial charge on any atom is 0.149 e. The lowest BCUT2D eigenvalue weighted by atomic mass is 9.81. The van der Waals surface area contributed by atoms with E-state index < -0.39 is 0 Å². The van der Waals surface area contributed by atoms with Crippen molar-refractivity contribution in [1.29, 1.82) is 0 Å². The molecule has 0 unspecified atom stereocenters. The van der Waals surface area contributed by atoms with Crippen LogP contribution in [-0.2, 0) is 5.41 Å². The summed E-state index contributed by atoms with van der Waals surface area (Å²) in [6.07, 6.45) is 0. The number of benzene rings is 6. The number of fused-ring (bicyclic) bond motifs is 4. The molecule has 0 amide bonds. The van der Waals surface area contributed by atoms with E-state index in [1.165, 1.54) is 55.8 Å². The van der Waals surface area contributed by atoms with E-state index in [4.69, 9.17) is 9.40 Å². The number of para-hydroxylation sites is 3. The third-order valence-corrected chi connectivity index (χ3v) is 10.6. The number of aromatic nitrogens is 2. The van der Waals surface area contributed by atoms with E-state index >= 15 is 0 Å². The van der Waals surface area contributed by atoms with E-state index in [-0.39, 0.29) is 5.41 Å². The summed E-state index contributed by atoms with van der Waals surface area (Å²) in [5.74, 6) is 1.54. The van der Waals surface area contributed by atoms with Gasteiger partial charge < -0.3 is 4.42 Å². The van der Waals surface area contributed by atoms with Crippen LogP contribution >= 0.6 is 0 Å². The van der Waals surface area contributed by atoms with Crippen LogP contribution in [0.4, 0.5) is 0 Å². The molecular formula is C49H48N2O. The third kappa shape index (κ3) is 5.83. The van der Waals surface area contributed by atoms with Gasteiger partial charge in [0.2, 0.25) is 0 Å². The van der Waals surface area contributed by atoms with Crippen LogP contribution in [0.25, 0.3) is 72.3 Å². The zero-order chi connectivity index (χ0) is 36.5. The van der Waals surface area contributed by atoms with Gasteiger partial charge in [-0.2, -0.15) is 0 Å². The fourth-order valence-corrected chi connectivity index (χ4v) is 7.86. The topological polar surface area (TPSA) is 31.0 Å². The van der Waals surface area contributed by atoms with Crippen LogP contribution < -0.4 is 0 Å².